The Hall–Kier alpha value is -0.280. The zero-order valence-corrected chi connectivity index (χ0v) is 10.2. The van der Waals surface area contributed by atoms with Crippen molar-refractivity contribution in [3.8, 4) is 0 Å². The fourth-order valence-corrected chi connectivity index (χ4v) is 2.67. The summed E-state index contributed by atoms with van der Waals surface area (Å²) in [5.74, 6) is 1.57. The van der Waals surface area contributed by atoms with E-state index >= 15 is 0 Å². The Morgan fingerprint density at radius 1 is 1.64 bits per heavy atom. The highest BCUT2D eigenvalue weighted by atomic mass is 79.9. The lowest BCUT2D eigenvalue weighted by Gasteiger charge is -2.51. The predicted octanol–water partition coefficient (Wildman–Crippen LogP) is 3.27. The molecule has 1 fully saturated rings. The highest BCUT2D eigenvalue weighted by Crippen LogP contribution is 2.54. The van der Waals surface area contributed by atoms with Gasteiger partial charge in [0.2, 0.25) is 0 Å². The van der Waals surface area contributed by atoms with Crippen molar-refractivity contribution < 1.29 is 4.42 Å². The molecule has 3 atom stereocenters. The summed E-state index contributed by atoms with van der Waals surface area (Å²) in [6, 6.07) is 4.32. The van der Waals surface area contributed by atoms with E-state index in [2.05, 4.69) is 35.8 Å². The minimum absolute atomic E-state index is 0.220. The molecule has 2 N–H and O–H groups in total. The minimum Gasteiger partial charge on any atom is -0.454 e. The van der Waals surface area contributed by atoms with E-state index in [9.17, 15) is 0 Å². The lowest BCUT2D eigenvalue weighted by molar-refractivity contribution is 0.0558. The first kappa shape index (κ1) is 10.2. The van der Waals surface area contributed by atoms with Gasteiger partial charge in [0.1, 0.15) is 5.76 Å². The molecule has 0 aromatic carbocycles. The molecule has 0 bridgehead atoms. The maximum absolute atomic E-state index is 6.05. The fraction of sp³-hybridized carbons (Fsp3) is 0.636. The highest BCUT2D eigenvalue weighted by Gasteiger charge is 2.50. The third kappa shape index (κ3) is 1.34. The Morgan fingerprint density at radius 3 is 2.79 bits per heavy atom. The third-order valence-electron chi connectivity index (χ3n) is 3.83. The molecule has 1 aromatic heterocycles. The van der Waals surface area contributed by atoms with Crippen LogP contribution in [0.1, 0.15) is 38.4 Å². The van der Waals surface area contributed by atoms with E-state index in [0.29, 0.717) is 12.0 Å². The van der Waals surface area contributed by atoms with Crippen molar-refractivity contribution in [1.29, 1.82) is 0 Å². The van der Waals surface area contributed by atoms with E-state index in [1.54, 1.807) is 0 Å². The van der Waals surface area contributed by atoms with Crippen LogP contribution in [-0.2, 0) is 0 Å². The second kappa shape index (κ2) is 3.38. The van der Waals surface area contributed by atoms with Crippen LogP contribution >= 0.6 is 15.9 Å². The van der Waals surface area contributed by atoms with Gasteiger partial charge in [-0.15, -0.1) is 0 Å². The first-order valence-corrected chi connectivity index (χ1v) is 5.88. The summed E-state index contributed by atoms with van der Waals surface area (Å²) in [4.78, 5) is 0. The molecule has 2 rings (SSSR count). The molecule has 0 aliphatic heterocycles. The van der Waals surface area contributed by atoms with Crippen LogP contribution < -0.4 is 5.73 Å². The van der Waals surface area contributed by atoms with Crippen molar-refractivity contribution in [3.63, 3.8) is 0 Å². The summed E-state index contributed by atoms with van der Waals surface area (Å²) in [6.45, 7) is 4.45. The summed E-state index contributed by atoms with van der Waals surface area (Å²) < 4.78 is 6.41. The van der Waals surface area contributed by atoms with Crippen LogP contribution in [0, 0.1) is 5.41 Å². The van der Waals surface area contributed by atoms with Crippen LogP contribution in [0.4, 0.5) is 0 Å². The van der Waals surface area contributed by atoms with Gasteiger partial charge in [-0.05, 0) is 46.3 Å². The lowest BCUT2D eigenvalue weighted by atomic mass is 9.55. The van der Waals surface area contributed by atoms with E-state index in [4.69, 9.17) is 10.2 Å². The Morgan fingerprint density at radius 2 is 2.36 bits per heavy atom. The number of hydrogen-bond acceptors (Lipinski definition) is 2. The van der Waals surface area contributed by atoms with E-state index in [-0.39, 0.29) is 5.41 Å². The van der Waals surface area contributed by atoms with Crippen LogP contribution in [0.2, 0.25) is 0 Å². The van der Waals surface area contributed by atoms with Crippen LogP contribution in [0.3, 0.4) is 0 Å². The van der Waals surface area contributed by atoms with Crippen molar-refractivity contribution in [2.24, 2.45) is 11.1 Å². The molecule has 0 radical (unpaired) electrons. The molecule has 2 nitrogen and oxygen atoms in total. The van der Waals surface area contributed by atoms with Gasteiger partial charge in [-0.1, -0.05) is 13.8 Å². The number of furan rings is 1. The molecular formula is C11H16BrNO. The van der Waals surface area contributed by atoms with Gasteiger partial charge in [-0.2, -0.15) is 0 Å². The molecule has 0 spiro atoms. The Bertz CT molecular complexity index is 336. The van der Waals surface area contributed by atoms with Gasteiger partial charge in [0, 0.05) is 12.0 Å². The third-order valence-corrected chi connectivity index (χ3v) is 4.26. The second-order valence-electron chi connectivity index (χ2n) is 4.40. The summed E-state index contributed by atoms with van der Waals surface area (Å²) in [6.07, 6.45) is 2.15. The monoisotopic (exact) mass is 257 g/mol. The Kier molecular flexibility index (Phi) is 2.48. The van der Waals surface area contributed by atoms with Gasteiger partial charge in [-0.3, -0.25) is 0 Å². The van der Waals surface area contributed by atoms with Crippen molar-refractivity contribution >= 4 is 15.9 Å². The quantitative estimate of drug-likeness (QED) is 0.884. The largest absolute Gasteiger partial charge is 0.454 e. The Labute approximate surface area is 93.0 Å². The molecule has 14 heavy (non-hydrogen) atoms. The first-order chi connectivity index (χ1) is 6.58. The molecule has 0 amide bonds. The van der Waals surface area contributed by atoms with Crippen molar-refractivity contribution in [2.45, 2.75) is 38.6 Å². The van der Waals surface area contributed by atoms with Gasteiger partial charge in [0.25, 0.3) is 0 Å². The normalized spacial score (nSPS) is 36.9. The Balaban J connectivity index is 2.22. The first-order valence-electron chi connectivity index (χ1n) is 5.08. The zero-order valence-electron chi connectivity index (χ0n) is 8.59. The molecule has 1 aromatic rings. The van der Waals surface area contributed by atoms with Crippen LogP contribution in [0.5, 0.6) is 0 Å². The van der Waals surface area contributed by atoms with Crippen LogP contribution in [0.15, 0.2) is 21.2 Å². The molecule has 1 heterocycles. The zero-order chi connectivity index (χ0) is 10.3. The molecule has 3 heteroatoms. The maximum atomic E-state index is 6.05. The van der Waals surface area contributed by atoms with Crippen molar-refractivity contribution in [1.82, 2.24) is 0 Å². The average molecular weight is 258 g/mol. The number of hydrogen-bond donors (Lipinski definition) is 1. The van der Waals surface area contributed by atoms with Crippen molar-refractivity contribution in [2.75, 3.05) is 0 Å². The van der Waals surface area contributed by atoms with E-state index in [1.807, 2.05) is 6.07 Å². The van der Waals surface area contributed by atoms with Gasteiger partial charge < -0.3 is 10.2 Å². The molecule has 1 aliphatic carbocycles. The molecule has 78 valence electrons. The fourth-order valence-electron chi connectivity index (χ4n) is 2.36. The van der Waals surface area contributed by atoms with E-state index in [1.165, 1.54) is 0 Å². The smallest absolute Gasteiger partial charge is 0.169 e. The van der Waals surface area contributed by atoms with E-state index in [0.717, 1.165) is 23.3 Å². The van der Waals surface area contributed by atoms with Gasteiger partial charge in [-0.25, -0.2) is 0 Å². The molecule has 3 unspecified atom stereocenters. The SMILES string of the molecule is CCC1(C)C(N)CC1c1ccc(Br)o1. The number of rotatable bonds is 2. The van der Waals surface area contributed by atoms with Crippen molar-refractivity contribution in [3.05, 3.63) is 22.6 Å². The van der Waals surface area contributed by atoms with Gasteiger partial charge in [0.05, 0.1) is 0 Å². The van der Waals surface area contributed by atoms with Crippen LogP contribution in [-0.4, -0.2) is 6.04 Å². The number of nitrogens with two attached hydrogens (primary N) is 1. The standard InChI is InChI=1S/C11H16BrNO/c1-3-11(2)7(6-9(11)13)8-4-5-10(12)14-8/h4-5,7,9H,3,6,13H2,1-2H3. The minimum atomic E-state index is 0.220. The van der Waals surface area contributed by atoms with E-state index < -0.39 is 0 Å². The molecular weight excluding hydrogens is 242 g/mol. The molecule has 1 saturated carbocycles. The predicted molar refractivity (Wildman–Crippen MR) is 60.1 cm³/mol. The molecule has 0 saturated heterocycles. The van der Waals surface area contributed by atoms with Crippen LogP contribution in [0.25, 0.3) is 0 Å². The highest BCUT2D eigenvalue weighted by molar-refractivity contribution is 9.10. The second-order valence-corrected chi connectivity index (χ2v) is 5.18. The maximum Gasteiger partial charge on any atom is 0.169 e. The summed E-state index contributed by atoms with van der Waals surface area (Å²) >= 11 is 3.33. The van der Waals surface area contributed by atoms with Gasteiger partial charge in [0.15, 0.2) is 4.67 Å². The lowest BCUT2D eigenvalue weighted by Crippen LogP contribution is -2.54. The average Bonchev–Trinajstić information content (AvgIpc) is 2.59. The number of halogens is 1. The summed E-state index contributed by atoms with van der Waals surface area (Å²) in [5, 5.41) is 0. The summed E-state index contributed by atoms with van der Waals surface area (Å²) in [7, 11) is 0. The van der Waals surface area contributed by atoms with Gasteiger partial charge >= 0.3 is 0 Å². The summed E-state index contributed by atoms with van der Waals surface area (Å²) in [5.41, 5.74) is 6.27. The topological polar surface area (TPSA) is 39.2 Å². The molecule has 1 aliphatic rings.